The Kier molecular flexibility index (Phi) is 2.54. The fourth-order valence-electron chi connectivity index (χ4n) is 1.03. The van der Waals surface area contributed by atoms with Crippen LogP contribution in [0.4, 0.5) is 0 Å². The van der Waals surface area contributed by atoms with Gasteiger partial charge in [-0.25, -0.2) is 0 Å². The molecule has 1 spiro atoms. The number of thioether (sulfide) groups is 4. The minimum atomic E-state index is 0.304. The van der Waals surface area contributed by atoms with Crippen LogP contribution in [0.3, 0.4) is 0 Å². The zero-order valence-electron chi connectivity index (χ0n) is 7.21. The summed E-state index contributed by atoms with van der Waals surface area (Å²) in [6, 6.07) is 0. The first-order valence-corrected chi connectivity index (χ1v) is 7.03. The normalized spacial score (nSPS) is 27.1. The smallest absolute Gasteiger partial charge is 0.0926 e. The van der Waals surface area contributed by atoms with Crippen molar-refractivity contribution in [2.45, 2.75) is 23.5 Å². The lowest BCUT2D eigenvalue weighted by molar-refractivity contribution is 1.57. The Labute approximate surface area is 90.4 Å². The second-order valence-corrected chi connectivity index (χ2v) is 9.72. The van der Waals surface area contributed by atoms with Crippen LogP contribution in [-0.4, -0.2) is 2.74 Å². The van der Waals surface area contributed by atoms with Crippen LogP contribution in [0.5, 0.6) is 0 Å². The first-order chi connectivity index (χ1) is 5.61. The third-order valence-corrected chi connectivity index (χ3v) is 8.28. The fraction of sp³-hybridized carbons (Fsp3) is 0.500. The van der Waals surface area contributed by atoms with Crippen molar-refractivity contribution in [1.29, 1.82) is 0 Å². The predicted octanol–water partition coefficient (Wildman–Crippen LogP) is 4.67. The van der Waals surface area contributed by atoms with E-state index in [0.717, 1.165) is 0 Å². The van der Waals surface area contributed by atoms with Crippen LogP contribution >= 0.6 is 47.0 Å². The van der Waals surface area contributed by atoms with Crippen LogP contribution in [0.2, 0.25) is 0 Å². The number of hydrogen-bond acceptors (Lipinski definition) is 4. The summed E-state index contributed by atoms with van der Waals surface area (Å²) in [7, 11) is 0. The molecule has 12 heavy (non-hydrogen) atoms. The van der Waals surface area contributed by atoms with Gasteiger partial charge in [-0.2, -0.15) is 0 Å². The highest BCUT2D eigenvalue weighted by molar-refractivity contribution is 8.53. The van der Waals surface area contributed by atoms with Gasteiger partial charge in [-0.05, 0) is 40.9 Å². The third-order valence-electron chi connectivity index (χ3n) is 1.71. The topological polar surface area (TPSA) is 0 Å². The quantitative estimate of drug-likeness (QED) is 0.597. The van der Waals surface area contributed by atoms with Gasteiger partial charge in [0.15, 0.2) is 2.74 Å². The van der Waals surface area contributed by atoms with E-state index in [1.54, 1.807) is 0 Å². The lowest BCUT2D eigenvalue weighted by atomic mass is 10.6. The minimum Gasteiger partial charge on any atom is -0.0926 e. The molecule has 4 heteroatoms. The summed E-state index contributed by atoms with van der Waals surface area (Å²) in [6.45, 7) is 6.63. The van der Waals surface area contributed by atoms with Crippen molar-refractivity contribution < 1.29 is 0 Å². The van der Waals surface area contributed by atoms with Crippen LogP contribution in [0.25, 0.3) is 0 Å². The summed E-state index contributed by atoms with van der Waals surface area (Å²) in [4.78, 5) is 4.42. The molecule has 0 aromatic carbocycles. The molecule has 0 nitrogen and oxygen atoms in total. The van der Waals surface area contributed by atoms with Crippen molar-refractivity contribution in [3.05, 3.63) is 20.1 Å². The van der Waals surface area contributed by atoms with Gasteiger partial charge in [0.1, 0.15) is 0 Å². The van der Waals surface area contributed by atoms with E-state index in [9.17, 15) is 0 Å². The first-order valence-electron chi connectivity index (χ1n) is 3.70. The Bertz CT molecular complexity index is 263. The van der Waals surface area contributed by atoms with Gasteiger partial charge in [0.25, 0.3) is 0 Å². The van der Waals surface area contributed by atoms with E-state index in [1.165, 1.54) is 14.7 Å². The number of rotatable bonds is 0. The monoisotopic (exact) mass is 234 g/mol. The Morgan fingerprint density at radius 1 is 1.00 bits per heavy atom. The van der Waals surface area contributed by atoms with E-state index < -0.39 is 0 Å². The lowest BCUT2D eigenvalue weighted by Crippen LogP contribution is -1.99. The predicted molar refractivity (Wildman–Crippen MR) is 65.2 cm³/mol. The zero-order valence-corrected chi connectivity index (χ0v) is 10.5. The Morgan fingerprint density at radius 3 is 2.00 bits per heavy atom. The Morgan fingerprint density at radius 2 is 1.58 bits per heavy atom. The van der Waals surface area contributed by atoms with Crippen molar-refractivity contribution in [2.75, 3.05) is 0 Å². The van der Waals surface area contributed by atoms with E-state index in [4.69, 9.17) is 0 Å². The van der Waals surface area contributed by atoms with Crippen LogP contribution in [0.1, 0.15) is 20.8 Å². The average molecular weight is 234 g/mol. The van der Waals surface area contributed by atoms with Crippen molar-refractivity contribution in [2.24, 2.45) is 0 Å². The minimum absolute atomic E-state index is 0.304. The van der Waals surface area contributed by atoms with Gasteiger partial charge in [0.05, 0.1) is 0 Å². The van der Waals surface area contributed by atoms with Gasteiger partial charge < -0.3 is 0 Å². The summed E-state index contributed by atoms with van der Waals surface area (Å²) < 4.78 is 0.304. The van der Waals surface area contributed by atoms with E-state index in [1.807, 2.05) is 47.0 Å². The second kappa shape index (κ2) is 3.23. The molecule has 0 radical (unpaired) electrons. The molecule has 0 bridgehead atoms. The SMILES string of the molecule is CC1=CSC2(S1)SC(C)=C(C)S2. The van der Waals surface area contributed by atoms with Crippen LogP contribution in [0, 0.1) is 0 Å². The van der Waals surface area contributed by atoms with E-state index in [2.05, 4.69) is 26.2 Å². The maximum Gasteiger partial charge on any atom is 0.169 e. The number of allylic oxidation sites excluding steroid dienone is 3. The van der Waals surface area contributed by atoms with Gasteiger partial charge in [0, 0.05) is 0 Å². The molecular weight excluding hydrogens is 224 g/mol. The van der Waals surface area contributed by atoms with E-state index >= 15 is 0 Å². The van der Waals surface area contributed by atoms with E-state index in [0.29, 0.717) is 2.74 Å². The fourth-order valence-corrected chi connectivity index (χ4v) is 8.30. The summed E-state index contributed by atoms with van der Waals surface area (Å²) in [5.74, 6) is 0. The molecule has 2 heterocycles. The van der Waals surface area contributed by atoms with Gasteiger partial charge in [-0.3, -0.25) is 0 Å². The van der Waals surface area contributed by atoms with Gasteiger partial charge >= 0.3 is 0 Å². The van der Waals surface area contributed by atoms with Crippen LogP contribution < -0.4 is 0 Å². The van der Waals surface area contributed by atoms with Crippen molar-refractivity contribution in [3.63, 3.8) is 0 Å². The Balaban J connectivity index is 2.12. The highest BCUT2D eigenvalue weighted by Gasteiger charge is 2.42. The van der Waals surface area contributed by atoms with Gasteiger partial charge in [-0.15, -0.1) is 0 Å². The third kappa shape index (κ3) is 1.59. The lowest BCUT2D eigenvalue weighted by Gasteiger charge is -2.19. The maximum atomic E-state index is 2.27. The van der Waals surface area contributed by atoms with E-state index in [-0.39, 0.29) is 0 Å². The van der Waals surface area contributed by atoms with Gasteiger partial charge in [-0.1, -0.05) is 47.0 Å². The molecule has 0 aromatic heterocycles. The molecule has 2 aliphatic heterocycles. The first kappa shape index (κ1) is 9.44. The molecule has 0 N–H and O–H groups in total. The van der Waals surface area contributed by atoms with Crippen LogP contribution in [-0.2, 0) is 0 Å². The largest absolute Gasteiger partial charge is 0.169 e. The molecule has 0 unspecified atom stereocenters. The standard InChI is InChI=1S/C8H10S4/c1-5-4-9-8(10-5)11-6(2)7(3)12-8/h4H,1-3H3. The molecule has 0 fully saturated rings. The second-order valence-electron chi connectivity index (χ2n) is 2.76. The zero-order chi connectivity index (χ0) is 8.77. The molecule has 66 valence electrons. The summed E-state index contributed by atoms with van der Waals surface area (Å²) >= 11 is 7.95. The molecule has 2 rings (SSSR count). The van der Waals surface area contributed by atoms with Gasteiger partial charge in [0.2, 0.25) is 0 Å². The molecule has 0 amide bonds. The molecule has 0 saturated heterocycles. The molecule has 0 aromatic rings. The molecule has 0 saturated carbocycles. The van der Waals surface area contributed by atoms with Crippen LogP contribution in [0.15, 0.2) is 20.1 Å². The van der Waals surface area contributed by atoms with Crippen molar-refractivity contribution in [3.8, 4) is 0 Å². The Hall–Kier alpha value is 0.880. The van der Waals surface area contributed by atoms with Crippen molar-refractivity contribution >= 4 is 47.0 Å². The molecular formula is C8H10S4. The summed E-state index contributed by atoms with van der Waals surface area (Å²) in [6.07, 6.45) is 0. The molecule has 0 aliphatic carbocycles. The summed E-state index contributed by atoms with van der Waals surface area (Å²) in [5.41, 5.74) is 0. The van der Waals surface area contributed by atoms with Crippen molar-refractivity contribution in [1.82, 2.24) is 0 Å². The number of hydrogen-bond donors (Lipinski definition) is 0. The average Bonchev–Trinajstić information content (AvgIpc) is 2.42. The highest BCUT2D eigenvalue weighted by atomic mass is 32.3. The summed E-state index contributed by atoms with van der Waals surface area (Å²) in [5, 5.41) is 2.27. The maximum absolute atomic E-state index is 2.27. The molecule has 2 aliphatic rings. The molecule has 0 atom stereocenters. The highest BCUT2D eigenvalue weighted by Crippen LogP contribution is 2.70.